The third-order valence-electron chi connectivity index (χ3n) is 3.80. The van der Waals surface area contributed by atoms with E-state index in [4.69, 9.17) is 0 Å². The van der Waals surface area contributed by atoms with Crippen LogP contribution in [0.15, 0.2) is 30.3 Å². The first kappa shape index (κ1) is 16.7. The highest BCUT2D eigenvalue weighted by molar-refractivity contribution is 5.78. The van der Waals surface area contributed by atoms with E-state index in [0.717, 1.165) is 12.0 Å². The molecule has 0 aliphatic heterocycles. The number of carbonyl (C=O) groups excluding carboxylic acids is 1. The molecule has 0 aromatic heterocycles. The largest absolute Gasteiger partial charge is 0.386 e. The van der Waals surface area contributed by atoms with Crippen molar-refractivity contribution in [2.75, 3.05) is 7.05 Å². The molecule has 0 spiro atoms. The minimum Gasteiger partial charge on any atom is -0.386 e. The molecule has 3 atom stereocenters. The second-order valence-electron chi connectivity index (χ2n) is 6.08. The molecule has 1 rings (SSSR count). The van der Waals surface area contributed by atoms with Gasteiger partial charge in [0.1, 0.15) is 0 Å². The molecule has 0 aliphatic carbocycles. The standard InChI is InChI=1S/C17H27NO2/c1-12(2)11-13(3)17(20)18(5)14(4)16(19)15-9-7-6-8-10-15/h6-10,12-14,16,19H,11H2,1-5H3/t13-,14+,16-/m1/s1. The van der Waals surface area contributed by atoms with Crippen LogP contribution in [0.5, 0.6) is 0 Å². The van der Waals surface area contributed by atoms with Gasteiger partial charge in [0.05, 0.1) is 12.1 Å². The molecule has 0 heterocycles. The lowest BCUT2D eigenvalue weighted by molar-refractivity contribution is -0.138. The zero-order chi connectivity index (χ0) is 15.3. The van der Waals surface area contributed by atoms with E-state index in [1.165, 1.54) is 0 Å². The third kappa shape index (κ3) is 4.34. The lowest BCUT2D eigenvalue weighted by Crippen LogP contribution is -2.41. The summed E-state index contributed by atoms with van der Waals surface area (Å²) in [5, 5.41) is 10.4. The molecule has 1 amide bonds. The molecule has 0 unspecified atom stereocenters. The first-order chi connectivity index (χ1) is 9.34. The maximum Gasteiger partial charge on any atom is 0.225 e. The van der Waals surface area contributed by atoms with Crippen LogP contribution in [0.3, 0.4) is 0 Å². The minimum atomic E-state index is -0.656. The Morgan fingerprint density at radius 1 is 1.15 bits per heavy atom. The molecule has 0 radical (unpaired) electrons. The van der Waals surface area contributed by atoms with Gasteiger partial charge >= 0.3 is 0 Å². The van der Waals surface area contributed by atoms with Crippen molar-refractivity contribution in [3.05, 3.63) is 35.9 Å². The van der Waals surface area contributed by atoms with Crippen LogP contribution in [0.2, 0.25) is 0 Å². The number of hydrogen-bond donors (Lipinski definition) is 1. The molecule has 0 bridgehead atoms. The molecule has 0 saturated heterocycles. The van der Waals surface area contributed by atoms with Crippen LogP contribution in [-0.2, 0) is 4.79 Å². The van der Waals surface area contributed by atoms with Crippen molar-refractivity contribution in [3.63, 3.8) is 0 Å². The highest BCUT2D eigenvalue weighted by atomic mass is 16.3. The summed E-state index contributed by atoms with van der Waals surface area (Å²) in [5.41, 5.74) is 0.844. The fourth-order valence-electron chi connectivity index (χ4n) is 2.50. The molecule has 20 heavy (non-hydrogen) atoms. The Balaban J connectivity index is 2.71. The monoisotopic (exact) mass is 277 g/mol. The Labute approximate surface area is 122 Å². The molecule has 1 aromatic rings. The van der Waals surface area contributed by atoms with Crippen LogP contribution in [0.25, 0.3) is 0 Å². The van der Waals surface area contributed by atoms with Crippen molar-refractivity contribution in [2.24, 2.45) is 11.8 Å². The van der Waals surface area contributed by atoms with E-state index in [2.05, 4.69) is 13.8 Å². The fraction of sp³-hybridized carbons (Fsp3) is 0.588. The second kappa shape index (κ2) is 7.44. The highest BCUT2D eigenvalue weighted by Crippen LogP contribution is 2.22. The Morgan fingerprint density at radius 2 is 1.70 bits per heavy atom. The SMILES string of the molecule is CC(C)C[C@@H](C)C(=O)N(C)[C@@H](C)[C@@H](O)c1ccccc1. The van der Waals surface area contributed by atoms with E-state index in [1.54, 1.807) is 11.9 Å². The smallest absolute Gasteiger partial charge is 0.225 e. The zero-order valence-electron chi connectivity index (χ0n) is 13.2. The summed E-state index contributed by atoms with van der Waals surface area (Å²) in [6.07, 6.45) is 0.216. The van der Waals surface area contributed by atoms with Crippen LogP contribution in [0, 0.1) is 11.8 Å². The number of carbonyl (C=O) groups is 1. The molecular weight excluding hydrogens is 250 g/mol. The second-order valence-corrected chi connectivity index (χ2v) is 6.08. The Hall–Kier alpha value is -1.35. The van der Waals surface area contributed by atoms with Crippen LogP contribution in [-0.4, -0.2) is 29.0 Å². The van der Waals surface area contributed by atoms with Gasteiger partial charge in [-0.25, -0.2) is 0 Å². The number of hydrogen-bond acceptors (Lipinski definition) is 2. The minimum absolute atomic E-state index is 0.00887. The summed E-state index contributed by atoms with van der Waals surface area (Å²) >= 11 is 0. The molecule has 0 saturated carbocycles. The van der Waals surface area contributed by atoms with Gasteiger partial charge in [0.15, 0.2) is 0 Å². The maximum absolute atomic E-state index is 12.4. The number of benzene rings is 1. The molecule has 3 heteroatoms. The van der Waals surface area contributed by atoms with Crippen LogP contribution in [0.1, 0.15) is 45.8 Å². The van der Waals surface area contributed by atoms with E-state index in [-0.39, 0.29) is 17.9 Å². The van der Waals surface area contributed by atoms with Crippen molar-refractivity contribution in [1.29, 1.82) is 0 Å². The van der Waals surface area contributed by atoms with Crippen LogP contribution in [0.4, 0.5) is 0 Å². The summed E-state index contributed by atoms with van der Waals surface area (Å²) in [6.45, 7) is 8.08. The van der Waals surface area contributed by atoms with E-state index in [0.29, 0.717) is 5.92 Å². The van der Waals surface area contributed by atoms with Gasteiger partial charge in [-0.3, -0.25) is 4.79 Å². The van der Waals surface area contributed by atoms with Gasteiger partial charge in [0, 0.05) is 13.0 Å². The summed E-state index contributed by atoms with van der Waals surface area (Å²) < 4.78 is 0. The van der Waals surface area contributed by atoms with Gasteiger partial charge in [-0.2, -0.15) is 0 Å². The number of likely N-dealkylation sites (N-methyl/N-ethyl adjacent to an activating group) is 1. The van der Waals surface area contributed by atoms with Gasteiger partial charge in [0.25, 0.3) is 0 Å². The lowest BCUT2D eigenvalue weighted by Gasteiger charge is -2.31. The molecule has 3 nitrogen and oxygen atoms in total. The fourth-order valence-corrected chi connectivity index (χ4v) is 2.50. The van der Waals surface area contributed by atoms with E-state index < -0.39 is 6.10 Å². The quantitative estimate of drug-likeness (QED) is 0.867. The van der Waals surface area contributed by atoms with Crippen LogP contribution >= 0.6 is 0 Å². The number of nitrogens with zero attached hydrogens (tertiary/aromatic N) is 1. The average molecular weight is 277 g/mol. The van der Waals surface area contributed by atoms with Crippen molar-refractivity contribution in [1.82, 2.24) is 4.90 Å². The van der Waals surface area contributed by atoms with E-state index >= 15 is 0 Å². The first-order valence-electron chi connectivity index (χ1n) is 7.34. The topological polar surface area (TPSA) is 40.5 Å². The number of aliphatic hydroxyl groups is 1. The number of amides is 1. The zero-order valence-corrected chi connectivity index (χ0v) is 13.2. The van der Waals surface area contributed by atoms with Gasteiger partial charge in [-0.1, -0.05) is 51.1 Å². The molecule has 0 aliphatic rings. The van der Waals surface area contributed by atoms with Crippen molar-refractivity contribution in [3.8, 4) is 0 Å². The number of rotatable bonds is 6. The summed E-state index contributed by atoms with van der Waals surface area (Å²) in [4.78, 5) is 14.0. The molecule has 1 N–H and O–H groups in total. The molecule has 0 fully saturated rings. The van der Waals surface area contributed by atoms with Crippen molar-refractivity contribution in [2.45, 2.75) is 46.3 Å². The first-order valence-corrected chi connectivity index (χ1v) is 7.34. The predicted octanol–water partition coefficient (Wildman–Crippen LogP) is 3.25. The number of aliphatic hydroxyl groups excluding tert-OH is 1. The van der Waals surface area contributed by atoms with E-state index in [1.807, 2.05) is 44.2 Å². The molecular formula is C17H27NO2. The summed E-state index contributed by atoms with van der Waals surface area (Å²) in [7, 11) is 1.77. The van der Waals surface area contributed by atoms with Crippen molar-refractivity contribution < 1.29 is 9.90 Å². The molecule has 1 aromatic carbocycles. The van der Waals surface area contributed by atoms with Gasteiger partial charge in [0.2, 0.25) is 5.91 Å². The van der Waals surface area contributed by atoms with Gasteiger partial charge in [-0.15, -0.1) is 0 Å². The molecule has 112 valence electrons. The van der Waals surface area contributed by atoms with Crippen molar-refractivity contribution >= 4 is 5.91 Å². The summed E-state index contributed by atoms with van der Waals surface area (Å²) in [5.74, 6) is 0.586. The van der Waals surface area contributed by atoms with Crippen LogP contribution < -0.4 is 0 Å². The normalized spacial score (nSPS) is 15.8. The van der Waals surface area contributed by atoms with E-state index in [9.17, 15) is 9.90 Å². The maximum atomic E-state index is 12.4. The predicted molar refractivity (Wildman–Crippen MR) is 82.3 cm³/mol. The Bertz CT molecular complexity index is 416. The van der Waals surface area contributed by atoms with Gasteiger partial charge < -0.3 is 10.0 Å². The van der Waals surface area contributed by atoms with Gasteiger partial charge in [-0.05, 0) is 24.8 Å². The summed E-state index contributed by atoms with van der Waals surface area (Å²) in [6, 6.07) is 9.25. The lowest BCUT2D eigenvalue weighted by atomic mass is 9.96. The average Bonchev–Trinajstić information content (AvgIpc) is 2.44. The third-order valence-corrected chi connectivity index (χ3v) is 3.80. The highest BCUT2D eigenvalue weighted by Gasteiger charge is 2.27. The Morgan fingerprint density at radius 3 is 2.20 bits per heavy atom. The Kier molecular flexibility index (Phi) is 6.21.